The van der Waals surface area contributed by atoms with E-state index in [9.17, 15) is 9.59 Å². The predicted octanol–water partition coefficient (Wildman–Crippen LogP) is 0.559. The van der Waals surface area contributed by atoms with E-state index in [0.29, 0.717) is 25.9 Å². The number of piperidine rings is 1. The smallest absolute Gasteiger partial charge is 0.282 e. The van der Waals surface area contributed by atoms with Crippen LogP contribution in [0.1, 0.15) is 22.6 Å². The van der Waals surface area contributed by atoms with Crippen molar-refractivity contribution < 1.29 is 14.3 Å². The van der Waals surface area contributed by atoms with Crippen molar-refractivity contribution in [3.8, 4) is 0 Å². The molecule has 1 N–H and O–H groups in total. The van der Waals surface area contributed by atoms with E-state index in [1.165, 1.54) is 7.11 Å². The van der Waals surface area contributed by atoms with E-state index in [4.69, 9.17) is 16.3 Å². The lowest BCUT2D eigenvalue weighted by atomic mass is 10.1. The summed E-state index contributed by atoms with van der Waals surface area (Å²) in [6.07, 6.45) is 1.43. The van der Waals surface area contributed by atoms with Gasteiger partial charge in [0.25, 0.3) is 5.91 Å². The van der Waals surface area contributed by atoms with Crippen LogP contribution in [-0.2, 0) is 9.53 Å². The third-order valence-corrected chi connectivity index (χ3v) is 4.06. The first-order valence-corrected chi connectivity index (χ1v) is 7.36. The molecule has 2 amide bonds. The number of halogens is 1. The maximum Gasteiger partial charge on any atom is 0.282 e. The molecule has 20 heavy (non-hydrogen) atoms. The summed E-state index contributed by atoms with van der Waals surface area (Å²) in [4.78, 5) is 25.3. The average molecular weight is 319 g/mol. The van der Waals surface area contributed by atoms with Gasteiger partial charge in [-0.25, -0.2) is 0 Å². The molecule has 0 saturated carbocycles. The van der Waals surface area contributed by atoms with Crippen molar-refractivity contribution in [1.82, 2.24) is 20.4 Å². The van der Waals surface area contributed by atoms with Crippen molar-refractivity contribution in [2.75, 3.05) is 26.8 Å². The number of ether oxygens (including phenoxy) is 1. The van der Waals surface area contributed by atoms with E-state index in [1.807, 2.05) is 0 Å². The van der Waals surface area contributed by atoms with E-state index in [0.717, 1.165) is 11.3 Å². The summed E-state index contributed by atoms with van der Waals surface area (Å²) in [6.45, 7) is 1.33. The Bertz CT molecular complexity index is 488. The third kappa shape index (κ3) is 3.87. The molecule has 2 heterocycles. The standard InChI is InChI=1S/C11H15ClN4O3S/c1-19-6-8(17)16-4-2-7(3-5-16)13-9(18)10-14-15-11(12)20-10/h7H,2-6H2,1H3,(H,13,18). The summed E-state index contributed by atoms with van der Waals surface area (Å²) < 4.78 is 5.07. The van der Waals surface area contributed by atoms with Gasteiger partial charge >= 0.3 is 0 Å². The fourth-order valence-corrected chi connectivity index (χ4v) is 2.76. The number of methoxy groups -OCH3 is 1. The van der Waals surface area contributed by atoms with Gasteiger partial charge in [0, 0.05) is 26.2 Å². The maximum absolute atomic E-state index is 11.9. The molecule has 1 fully saturated rings. The lowest BCUT2D eigenvalue weighted by Crippen LogP contribution is -2.47. The van der Waals surface area contributed by atoms with Crippen LogP contribution in [0.4, 0.5) is 0 Å². The lowest BCUT2D eigenvalue weighted by Gasteiger charge is -2.32. The zero-order valence-electron chi connectivity index (χ0n) is 11.0. The van der Waals surface area contributed by atoms with Crippen LogP contribution in [-0.4, -0.2) is 59.8 Å². The van der Waals surface area contributed by atoms with Crippen LogP contribution >= 0.6 is 22.9 Å². The highest BCUT2D eigenvalue weighted by Crippen LogP contribution is 2.16. The zero-order valence-corrected chi connectivity index (χ0v) is 12.5. The molecule has 0 bridgehead atoms. The molecular weight excluding hydrogens is 304 g/mol. The van der Waals surface area contributed by atoms with Crippen molar-refractivity contribution in [2.45, 2.75) is 18.9 Å². The van der Waals surface area contributed by atoms with Gasteiger partial charge in [-0.05, 0) is 24.4 Å². The monoisotopic (exact) mass is 318 g/mol. The first-order chi connectivity index (χ1) is 9.60. The van der Waals surface area contributed by atoms with Gasteiger partial charge in [-0.1, -0.05) is 11.3 Å². The highest BCUT2D eigenvalue weighted by Gasteiger charge is 2.24. The second-order valence-corrected chi connectivity index (χ2v) is 5.98. The molecule has 0 spiro atoms. The number of likely N-dealkylation sites (tertiary alicyclic amines) is 1. The minimum atomic E-state index is -0.268. The van der Waals surface area contributed by atoms with Gasteiger partial charge in [0.05, 0.1) is 0 Å². The van der Waals surface area contributed by atoms with Crippen molar-refractivity contribution >= 4 is 34.8 Å². The molecule has 0 unspecified atom stereocenters. The molecule has 1 saturated heterocycles. The van der Waals surface area contributed by atoms with Gasteiger partial charge in [-0.3, -0.25) is 9.59 Å². The number of nitrogens with one attached hydrogen (secondary N) is 1. The molecule has 0 atom stereocenters. The SMILES string of the molecule is COCC(=O)N1CCC(NC(=O)c2nnc(Cl)s2)CC1. The van der Waals surface area contributed by atoms with E-state index < -0.39 is 0 Å². The summed E-state index contributed by atoms with van der Waals surface area (Å²) in [6, 6.07) is 0.0387. The van der Waals surface area contributed by atoms with Gasteiger partial charge in [0.2, 0.25) is 15.4 Å². The first kappa shape index (κ1) is 15.1. The number of nitrogens with zero attached hydrogens (tertiary/aromatic N) is 3. The Morgan fingerprint density at radius 3 is 2.70 bits per heavy atom. The minimum Gasteiger partial charge on any atom is -0.375 e. The molecule has 1 aromatic rings. The number of hydrogen-bond acceptors (Lipinski definition) is 6. The molecule has 110 valence electrons. The average Bonchev–Trinajstić information content (AvgIpc) is 2.86. The number of rotatable bonds is 4. The summed E-state index contributed by atoms with van der Waals surface area (Å²) in [7, 11) is 1.50. The van der Waals surface area contributed by atoms with Crippen LogP contribution < -0.4 is 5.32 Å². The topological polar surface area (TPSA) is 84.4 Å². The van der Waals surface area contributed by atoms with E-state index in [2.05, 4.69) is 15.5 Å². The number of carbonyl (C=O) groups is 2. The highest BCUT2D eigenvalue weighted by atomic mass is 35.5. The summed E-state index contributed by atoms with van der Waals surface area (Å²) >= 11 is 6.69. The summed E-state index contributed by atoms with van der Waals surface area (Å²) in [5, 5.41) is 10.4. The van der Waals surface area contributed by atoms with Crippen molar-refractivity contribution in [1.29, 1.82) is 0 Å². The molecule has 1 aromatic heterocycles. The van der Waals surface area contributed by atoms with Crippen molar-refractivity contribution in [2.24, 2.45) is 0 Å². The van der Waals surface area contributed by atoms with Crippen LogP contribution in [0.25, 0.3) is 0 Å². The second kappa shape index (κ2) is 6.96. The van der Waals surface area contributed by atoms with Gasteiger partial charge < -0.3 is 15.0 Å². The van der Waals surface area contributed by atoms with Gasteiger partial charge in [-0.2, -0.15) is 0 Å². The maximum atomic E-state index is 11.9. The van der Waals surface area contributed by atoms with Gasteiger partial charge in [0.1, 0.15) is 6.61 Å². The second-order valence-electron chi connectivity index (χ2n) is 4.42. The Morgan fingerprint density at radius 1 is 1.45 bits per heavy atom. The molecular formula is C11H15ClN4O3S. The minimum absolute atomic E-state index is 0.0202. The molecule has 1 aliphatic rings. The Labute approximate surface area is 125 Å². The van der Waals surface area contributed by atoms with Crippen LogP contribution in [0.3, 0.4) is 0 Å². The van der Waals surface area contributed by atoms with E-state index >= 15 is 0 Å². The largest absolute Gasteiger partial charge is 0.375 e. The fraction of sp³-hybridized carbons (Fsp3) is 0.636. The molecule has 2 rings (SSSR count). The Kier molecular flexibility index (Phi) is 5.27. The molecule has 0 aliphatic carbocycles. The molecule has 1 aliphatic heterocycles. The number of amides is 2. The summed E-state index contributed by atoms with van der Waals surface area (Å²) in [5.74, 6) is -0.288. The number of aromatic nitrogens is 2. The van der Waals surface area contributed by atoms with Crippen LogP contribution in [0.15, 0.2) is 0 Å². The zero-order chi connectivity index (χ0) is 14.5. The lowest BCUT2D eigenvalue weighted by molar-refractivity contribution is -0.136. The number of hydrogen-bond donors (Lipinski definition) is 1. The quantitative estimate of drug-likeness (QED) is 0.877. The first-order valence-electron chi connectivity index (χ1n) is 6.16. The van der Waals surface area contributed by atoms with E-state index in [1.54, 1.807) is 4.90 Å². The third-order valence-electron chi connectivity index (χ3n) is 3.05. The van der Waals surface area contributed by atoms with Crippen molar-refractivity contribution in [3.05, 3.63) is 9.47 Å². The highest BCUT2D eigenvalue weighted by molar-refractivity contribution is 7.17. The fourth-order valence-electron chi connectivity index (χ4n) is 2.03. The van der Waals surface area contributed by atoms with Gasteiger partial charge in [0.15, 0.2) is 0 Å². The Morgan fingerprint density at radius 2 is 2.15 bits per heavy atom. The summed E-state index contributed by atoms with van der Waals surface area (Å²) in [5.41, 5.74) is 0. The normalized spacial score (nSPS) is 16.2. The van der Waals surface area contributed by atoms with Gasteiger partial charge in [-0.15, -0.1) is 10.2 Å². The van der Waals surface area contributed by atoms with Crippen molar-refractivity contribution in [3.63, 3.8) is 0 Å². The molecule has 0 aromatic carbocycles. The molecule has 0 radical (unpaired) electrons. The Hall–Kier alpha value is -1.25. The van der Waals surface area contributed by atoms with Crippen LogP contribution in [0.5, 0.6) is 0 Å². The molecule has 7 nitrogen and oxygen atoms in total. The number of carbonyl (C=O) groups excluding carboxylic acids is 2. The van der Waals surface area contributed by atoms with Crippen LogP contribution in [0, 0.1) is 0 Å². The predicted molar refractivity (Wildman–Crippen MR) is 73.9 cm³/mol. The van der Waals surface area contributed by atoms with E-state index in [-0.39, 0.29) is 33.9 Å². The molecule has 9 heteroatoms. The van der Waals surface area contributed by atoms with Crippen LogP contribution in [0.2, 0.25) is 4.47 Å². The Balaban J connectivity index is 1.80.